The van der Waals surface area contributed by atoms with Crippen LogP contribution in [0.4, 0.5) is 5.95 Å². The smallest absolute Gasteiger partial charge is 0.222 e. The SMILES string of the molecule is O=C(CCNc1ncccn1)NCc1csc(Br)c1. The molecule has 2 rings (SSSR count). The van der Waals surface area contributed by atoms with Crippen LogP contribution in [-0.2, 0) is 11.3 Å². The van der Waals surface area contributed by atoms with Crippen molar-refractivity contribution in [2.75, 3.05) is 11.9 Å². The van der Waals surface area contributed by atoms with Gasteiger partial charge in [-0.15, -0.1) is 11.3 Å². The molecule has 0 aliphatic heterocycles. The first-order chi connectivity index (χ1) is 9.24. The maximum Gasteiger partial charge on any atom is 0.222 e. The van der Waals surface area contributed by atoms with Gasteiger partial charge in [-0.2, -0.15) is 0 Å². The van der Waals surface area contributed by atoms with Crippen molar-refractivity contribution < 1.29 is 4.79 Å². The molecule has 7 heteroatoms. The van der Waals surface area contributed by atoms with Crippen LogP contribution in [0.3, 0.4) is 0 Å². The van der Waals surface area contributed by atoms with E-state index in [2.05, 4.69) is 36.5 Å². The van der Waals surface area contributed by atoms with Gasteiger partial charge < -0.3 is 10.6 Å². The monoisotopic (exact) mass is 340 g/mol. The molecule has 0 aliphatic rings. The van der Waals surface area contributed by atoms with Gasteiger partial charge in [0.1, 0.15) is 0 Å². The molecular formula is C12H13BrN4OS. The summed E-state index contributed by atoms with van der Waals surface area (Å²) in [5.41, 5.74) is 1.10. The average molecular weight is 341 g/mol. The van der Waals surface area contributed by atoms with Crippen molar-refractivity contribution in [2.24, 2.45) is 0 Å². The standard InChI is InChI=1S/C12H13BrN4OS/c13-10-6-9(8-19-10)7-17-11(18)2-5-16-12-14-3-1-4-15-12/h1,3-4,6,8H,2,5,7H2,(H,17,18)(H,14,15,16). The van der Waals surface area contributed by atoms with E-state index in [1.807, 2.05) is 11.4 Å². The summed E-state index contributed by atoms with van der Waals surface area (Å²) in [5.74, 6) is 0.544. The molecule has 5 nitrogen and oxygen atoms in total. The van der Waals surface area contributed by atoms with Gasteiger partial charge in [0.25, 0.3) is 0 Å². The molecular weight excluding hydrogens is 328 g/mol. The number of carbonyl (C=O) groups is 1. The van der Waals surface area contributed by atoms with Gasteiger partial charge >= 0.3 is 0 Å². The highest BCUT2D eigenvalue weighted by Crippen LogP contribution is 2.20. The number of aromatic nitrogens is 2. The number of anilines is 1. The zero-order valence-corrected chi connectivity index (χ0v) is 12.5. The Morgan fingerprint density at radius 1 is 1.37 bits per heavy atom. The van der Waals surface area contributed by atoms with E-state index in [1.54, 1.807) is 29.8 Å². The number of hydrogen-bond acceptors (Lipinski definition) is 5. The summed E-state index contributed by atoms with van der Waals surface area (Å²) in [6, 6.07) is 3.75. The lowest BCUT2D eigenvalue weighted by molar-refractivity contribution is -0.121. The predicted molar refractivity (Wildman–Crippen MR) is 79.0 cm³/mol. The Kier molecular flexibility index (Phi) is 5.29. The first kappa shape index (κ1) is 14.0. The van der Waals surface area contributed by atoms with Gasteiger partial charge in [-0.3, -0.25) is 4.79 Å². The second-order valence-corrected chi connectivity index (χ2v) is 6.08. The third kappa shape index (κ3) is 4.96. The molecule has 2 aromatic rings. The van der Waals surface area contributed by atoms with E-state index in [-0.39, 0.29) is 5.91 Å². The van der Waals surface area contributed by atoms with Crippen molar-refractivity contribution >= 4 is 39.1 Å². The summed E-state index contributed by atoms with van der Waals surface area (Å²) in [6.07, 6.45) is 3.71. The van der Waals surface area contributed by atoms with Gasteiger partial charge in [0, 0.05) is 31.9 Å². The lowest BCUT2D eigenvalue weighted by atomic mass is 10.3. The number of nitrogens with zero attached hydrogens (tertiary/aromatic N) is 2. The molecule has 2 heterocycles. The molecule has 0 saturated heterocycles. The topological polar surface area (TPSA) is 66.9 Å². The minimum atomic E-state index is 0.00533. The third-order valence-corrected chi connectivity index (χ3v) is 3.87. The van der Waals surface area contributed by atoms with Crippen molar-refractivity contribution in [3.63, 3.8) is 0 Å². The number of nitrogens with one attached hydrogen (secondary N) is 2. The van der Waals surface area contributed by atoms with Crippen LogP contribution in [0.25, 0.3) is 0 Å². The Balaban J connectivity index is 1.65. The second kappa shape index (κ2) is 7.20. The maximum atomic E-state index is 11.6. The van der Waals surface area contributed by atoms with E-state index in [9.17, 15) is 4.79 Å². The van der Waals surface area contributed by atoms with Gasteiger partial charge in [0.05, 0.1) is 3.79 Å². The molecule has 0 aliphatic carbocycles. The molecule has 0 bridgehead atoms. The fourth-order valence-electron chi connectivity index (χ4n) is 1.41. The summed E-state index contributed by atoms with van der Waals surface area (Å²) in [5, 5.41) is 7.87. The molecule has 0 spiro atoms. The van der Waals surface area contributed by atoms with Crippen LogP contribution < -0.4 is 10.6 Å². The van der Waals surface area contributed by atoms with Crippen LogP contribution in [0.2, 0.25) is 0 Å². The molecule has 0 fully saturated rings. The van der Waals surface area contributed by atoms with Gasteiger partial charge in [-0.05, 0) is 39.0 Å². The molecule has 0 saturated carbocycles. The number of halogens is 1. The third-order valence-electron chi connectivity index (χ3n) is 2.31. The first-order valence-electron chi connectivity index (χ1n) is 5.74. The number of thiophene rings is 1. The Hall–Kier alpha value is -1.47. The van der Waals surface area contributed by atoms with E-state index in [4.69, 9.17) is 0 Å². The second-order valence-electron chi connectivity index (χ2n) is 3.78. The lowest BCUT2D eigenvalue weighted by Crippen LogP contribution is -2.24. The lowest BCUT2D eigenvalue weighted by Gasteiger charge is -2.05. The molecule has 1 amide bonds. The zero-order chi connectivity index (χ0) is 13.5. The van der Waals surface area contributed by atoms with Gasteiger partial charge in [-0.25, -0.2) is 9.97 Å². The van der Waals surface area contributed by atoms with Crippen LogP contribution in [0.15, 0.2) is 33.7 Å². The highest BCUT2D eigenvalue weighted by Gasteiger charge is 2.03. The number of amides is 1. The van der Waals surface area contributed by atoms with Crippen molar-refractivity contribution in [2.45, 2.75) is 13.0 Å². The van der Waals surface area contributed by atoms with Crippen LogP contribution >= 0.6 is 27.3 Å². The fourth-order valence-corrected chi connectivity index (χ4v) is 2.61. The Labute approximate surface area is 123 Å². The minimum absolute atomic E-state index is 0.00533. The minimum Gasteiger partial charge on any atom is -0.354 e. The predicted octanol–water partition coefficient (Wildman–Crippen LogP) is 2.42. The van der Waals surface area contributed by atoms with Crippen molar-refractivity contribution in [1.82, 2.24) is 15.3 Å². The maximum absolute atomic E-state index is 11.6. The molecule has 0 unspecified atom stereocenters. The van der Waals surface area contributed by atoms with Crippen LogP contribution in [0, 0.1) is 0 Å². The van der Waals surface area contributed by atoms with E-state index in [0.717, 1.165) is 9.35 Å². The Morgan fingerprint density at radius 2 is 2.16 bits per heavy atom. The molecule has 100 valence electrons. The molecule has 0 atom stereocenters. The van der Waals surface area contributed by atoms with Gasteiger partial charge in [0.2, 0.25) is 11.9 Å². The highest BCUT2D eigenvalue weighted by molar-refractivity contribution is 9.11. The first-order valence-corrected chi connectivity index (χ1v) is 7.42. The number of rotatable bonds is 6. The largest absolute Gasteiger partial charge is 0.354 e. The van der Waals surface area contributed by atoms with Crippen molar-refractivity contribution in [3.8, 4) is 0 Å². The van der Waals surface area contributed by atoms with Crippen molar-refractivity contribution in [1.29, 1.82) is 0 Å². The van der Waals surface area contributed by atoms with E-state index < -0.39 is 0 Å². The molecule has 0 radical (unpaired) electrons. The number of carbonyl (C=O) groups excluding carboxylic acids is 1. The van der Waals surface area contributed by atoms with E-state index in [1.165, 1.54) is 0 Å². The fraction of sp³-hybridized carbons (Fsp3) is 0.250. The molecule has 2 N–H and O–H groups in total. The normalized spacial score (nSPS) is 10.2. The van der Waals surface area contributed by atoms with Gasteiger partial charge in [-0.1, -0.05) is 0 Å². The quantitative estimate of drug-likeness (QED) is 0.847. The van der Waals surface area contributed by atoms with E-state index >= 15 is 0 Å². The summed E-state index contributed by atoms with van der Waals surface area (Å²) in [7, 11) is 0. The average Bonchev–Trinajstić information content (AvgIpc) is 2.83. The summed E-state index contributed by atoms with van der Waals surface area (Å²) in [6.45, 7) is 1.08. The number of hydrogen-bond donors (Lipinski definition) is 2. The molecule has 0 aromatic carbocycles. The molecule has 19 heavy (non-hydrogen) atoms. The van der Waals surface area contributed by atoms with Crippen LogP contribution in [0.1, 0.15) is 12.0 Å². The summed E-state index contributed by atoms with van der Waals surface area (Å²) >= 11 is 5.00. The van der Waals surface area contributed by atoms with Crippen LogP contribution in [0.5, 0.6) is 0 Å². The highest BCUT2D eigenvalue weighted by atomic mass is 79.9. The summed E-state index contributed by atoms with van der Waals surface area (Å²) in [4.78, 5) is 19.6. The Bertz CT molecular complexity index is 532. The Morgan fingerprint density at radius 3 is 2.84 bits per heavy atom. The van der Waals surface area contributed by atoms with E-state index in [0.29, 0.717) is 25.5 Å². The van der Waals surface area contributed by atoms with Gasteiger partial charge in [0.15, 0.2) is 0 Å². The molecule has 2 aromatic heterocycles. The van der Waals surface area contributed by atoms with Crippen LogP contribution in [-0.4, -0.2) is 22.4 Å². The zero-order valence-electron chi connectivity index (χ0n) is 10.1. The van der Waals surface area contributed by atoms with Crippen molar-refractivity contribution in [3.05, 3.63) is 39.3 Å². The summed E-state index contributed by atoms with van der Waals surface area (Å²) < 4.78 is 1.07.